The minimum atomic E-state index is -0.800. The molecule has 1 aromatic heterocycles. The number of rotatable bonds is 5. The molecule has 0 aliphatic carbocycles. The second-order valence-electron chi connectivity index (χ2n) is 5.62. The summed E-state index contributed by atoms with van der Waals surface area (Å²) in [6.07, 6.45) is 0. The minimum absolute atomic E-state index is 0.0285. The molecule has 0 atom stereocenters. The molecule has 7 nitrogen and oxygen atoms in total. The van der Waals surface area contributed by atoms with Crippen LogP contribution in [0.15, 0.2) is 40.9 Å². The quantitative estimate of drug-likeness (QED) is 0.522. The van der Waals surface area contributed by atoms with Crippen LogP contribution in [0.4, 0.5) is 5.88 Å². The zero-order valence-electron chi connectivity index (χ0n) is 15.1. The van der Waals surface area contributed by atoms with Crippen molar-refractivity contribution in [2.75, 3.05) is 19.5 Å². The van der Waals surface area contributed by atoms with Crippen molar-refractivity contribution in [3.8, 4) is 17.0 Å². The van der Waals surface area contributed by atoms with E-state index in [1.54, 1.807) is 24.3 Å². The highest BCUT2D eigenvalue weighted by Gasteiger charge is 2.29. The van der Waals surface area contributed by atoms with Crippen LogP contribution in [0.2, 0.25) is 15.1 Å². The van der Waals surface area contributed by atoms with Crippen LogP contribution >= 0.6 is 34.8 Å². The van der Waals surface area contributed by atoms with Crippen molar-refractivity contribution in [1.29, 1.82) is 0 Å². The molecule has 3 rings (SSSR count). The number of ether oxygens (including phenoxy) is 2. The Hall–Kier alpha value is -2.74. The maximum absolute atomic E-state index is 12.7. The highest BCUT2D eigenvalue weighted by Crippen LogP contribution is 2.38. The normalized spacial score (nSPS) is 10.5. The van der Waals surface area contributed by atoms with Gasteiger partial charge in [-0.05, 0) is 30.3 Å². The molecule has 2 aromatic carbocycles. The molecular formula is C19H13Cl3N2O5. The smallest absolute Gasteiger partial charge is 0.345 e. The molecule has 29 heavy (non-hydrogen) atoms. The molecule has 0 aliphatic rings. The Bertz CT molecular complexity index is 1080. The lowest BCUT2D eigenvalue weighted by molar-refractivity contribution is 0.0602. The van der Waals surface area contributed by atoms with Gasteiger partial charge in [-0.3, -0.25) is 10.1 Å². The van der Waals surface area contributed by atoms with Gasteiger partial charge in [0.15, 0.2) is 5.56 Å². The number of hydrogen-bond acceptors (Lipinski definition) is 6. The number of esters is 1. The largest absolute Gasteiger partial charge is 0.496 e. The molecule has 1 heterocycles. The van der Waals surface area contributed by atoms with E-state index in [1.165, 1.54) is 26.4 Å². The van der Waals surface area contributed by atoms with Crippen LogP contribution in [0.1, 0.15) is 20.7 Å². The first-order chi connectivity index (χ1) is 13.9. The summed E-state index contributed by atoms with van der Waals surface area (Å²) < 4.78 is 15.2. The Balaban J connectivity index is 2.08. The summed E-state index contributed by atoms with van der Waals surface area (Å²) in [6, 6.07) is 9.31. The van der Waals surface area contributed by atoms with E-state index in [9.17, 15) is 9.59 Å². The van der Waals surface area contributed by atoms with Gasteiger partial charge in [0.25, 0.3) is 5.91 Å². The second kappa shape index (κ2) is 8.73. The van der Waals surface area contributed by atoms with Gasteiger partial charge >= 0.3 is 5.97 Å². The van der Waals surface area contributed by atoms with Gasteiger partial charge in [-0.25, -0.2) is 4.79 Å². The number of carbonyl (C=O) groups excluding carboxylic acids is 2. The Morgan fingerprint density at radius 1 is 1.07 bits per heavy atom. The Morgan fingerprint density at radius 2 is 1.76 bits per heavy atom. The van der Waals surface area contributed by atoms with E-state index >= 15 is 0 Å². The van der Waals surface area contributed by atoms with Crippen molar-refractivity contribution in [3.05, 3.63) is 62.6 Å². The van der Waals surface area contributed by atoms with E-state index in [1.807, 2.05) is 0 Å². The molecule has 10 heteroatoms. The maximum Gasteiger partial charge on any atom is 0.345 e. The number of anilines is 1. The van der Waals surface area contributed by atoms with Gasteiger partial charge in [-0.2, -0.15) is 0 Å². The van der Waals surface area contributed by atoms with E-state index in [2.05, 4.69) is 10.5 Å². The van der Waals surface area contributed by atoms with Crippen LogP contribution in [0, 0.1) is 0 Å². The van der Waals surface area contributed by atoms with Crippen LogP contribution < -0.4 is 10.1 Å². The van der Waals surface area contributed by atoms with Crippen LogP contribution in [0.3, 0.4) is 0 Å². The summed E-state index contributed by atoms with van der Waals surface area (Å²) in [5, 5.41) is 7.15. The molecule has 0 bridgehead atoms. The number of amides is 1. The number of aromatic nitrogens is 1. The minimum Gasteiger partial charge on any atom is -0.496 e. The lowest BCUT2D eigenvalue weighted by atomic mass is 10.1. The number of carbonyl (C=O) groups is 2. The third-order valence-corrected chi connectivity index (χ3v) is 4.78. The first kappa shape index (κ1) is 21.0. The fraction of sp³-hybridized carbons (Fsp3) is 0.105. The van der Waals surface area contributed by atoms with Crippen molar-refractivity contribution in [2.45, 2.75) is 0 Å². The zero-order valence-corrected chi connectivity index (χ0v) is 17.4. The van der Waals surface area contributed by atoms with Gasteiger partial charge in [0, 0.05) is 10.6 Å². The molecule has 150 valence electrons. The van der Waals surface area contributed by atoms with Crippen molar-refractivity contribution < 1.29 is 23.6 Å². The first-order valence-electron chi connectivity index (χ1n) is 8.04. The van der Waals surface area contributed by atoms with E-state index in [0.29, 0.717) is 5.02 Å². The van der Waals surface area contributed by atoms with Gasteiger partial charge < -0.3 is 14.0 Å². The Morgan fingerprint density at radius 3 is 2.38 bits per heavy atom. The van der Waals surface area contributed by atoms with Crippen LogP contribution in [-0.4, -0.2) is 31.3 Å². The Labute approximate surface area is 180 Å². The molecule has 0 saturated heterocycles. The molecule has 0 saturated carbocycles. The van der Waals surface area contributed by atoms with E-state index in [4.69, 9.17) is 48.8 Å². The number of hydrogen-bond donors (Lipinski definition) is 1. The number of nitrogens with zero attached hydrogens (tertiary/aromatic N) is 1. The third kappa shape index (κ3) is 4.17. The van der Waals surface area contributed by atoms with Gasteiger partial charge in [0.05, 0.1) is 29.8 Å². The summed E-state index contributed by atoms with van der Waals surface area (Å²) in [5.74, 6) is -1.40. The monoisotopic (exact) mass is 454 g/mol. The van der Waals surface area contributed by atoms with Crippen molar-refractivity contribution in [2.24, 2.45) is 0 Å². The van der Waals surface area contributed by atoms with Crippen LogP contribution in [-0.2, 0) is 4.74 Å². The summed E-state index contributed by atoms with van der Waals surface area (Å²) in [7, 11) is 2.59. The summed E-state index contributed by atoms with van der Waals surface area (Å²) >= 11 is 18.4. The number of methoxy groups -OCH3 is 2. The highest BCUT2D eigenvalue weighted by molar-refractivity contribution is 6.39. The second-order valence-corrected chi connectivity index (χ2v) is 6.87. The zero-order chi connectivity index (χ0) is 21.1. The molecule has 0 radical (unpaired) electrons. The third-order valence-electron chi connectivity index (χ3n) is 3.91. The number of nitrogens with one attached hydrogen (secondary N) is 1. The number of halogens is 3. The molecule has 0 unspecified atom stereocenters. The predicted octanol–water partition coefficient (Wildman–Crippen LogP) is 5.35. The van der Waals surface area contributed by atoms with E-state index < -0.39 is 11.9 Å². The highest BCUT2D eigenvalue weighted by atomic mass is 35.5. The van der Waals surface area contributed by atoms with Gasteiger partial charge in [0.2, 0.25) is 5.88 Å². The molecule has 3 aromatic rings. The predicted molar refractivity (Wildman–Crippen MR) is 109 cm³/mol. The molecule has 0 fully saturated rings. The maximum atomic E-state index is 12.7. The van der Waals surface area contributed by atoms with E-state index in [-0.39, 0.29) is 44.1 Å². The lowest BCUT2D eigenvalue weighted by Crippen LogP contribution is -2.15. The van der Waals surface area contributed by atoms with Crippen molar-refractivity contribution in [1.82, 2.24) is 5.16 Å². The molecule has 0 spiro atoms. The Kier molecular flexibility index (Phi) is 6.32. The summed E-state index contributed by atoms with van der Waals surface area (Å²) in [6.45, 7) is 0. The van der Waals surface area contributed by atoms with Crippen LogP contribution in [0.5, 0.6) is 5.75 Å². The van der Waals surface area contributed by atoms with E-state index in [0.717, 1.165) is 0 Å². The molecule has 0 aliphatic heterocycles. The average molecular weight is 456 g/mol. The topological polar surface area (TPSA) is 90.7 Å². The SMILES string of the molecule is COC(=O)c1c(-c2c(Cl)cccc2Cl)noc1NC(=O)c1cc(Cl)ccc1OC. The van der Waals surface area contributed by atoms with Crippen molar-refractivity contribution in [3.63, 3.8) is 0 Å². The first-order valence-corrected chi connectivity index (χ1v) is 9.18. The fourth-order valence-electron chi connectivity index (χ4n) is 2.59. The molecular weight excluding hydrogens is 443 g/mol. The lowest BCUT2D eigenvalue weighted by Gasteiger charge is -2.09. The standard InChI is InChI=1S/C19H13Cl3N2O5/c1-27-13-7-6-9(20)8-10(13)17(25)23-18-15(19(26)28-2)16(24-29-18)14-11(21)4-3-5-12(14)22/h3-8H,1-2H3,(H,23,25). The van der Waals surface area contributed by atoms with Crippen molar-refractivity contribution >= 4 is 52.6 Å². The van der Waals surface area contributed by atoms with Gasteiger partial charge in [0.1, 0.15) is 11.4 Å². The van der Waals surface area contributed by atoms with Gasteiger partial charge in [-0.15, -0.1) is 0 Å². The average Bonchev–Trinajstić information content (AvgIpc) is 3.10. The summed E-state index contributed by atoms with van der Waals surface area (Å²) in [5.41, 5.74) is 0.281. The van der Waals surface area contributed by atoms with Crippen LogP contribution in [0.25, 0.3) is 11.3 Å². The molecule has 1 amide bonds. The summed E-state index contributed by atoms with van der Waals surface area (Å²) in [4.78, 5) is 25.1. The van der Waals surface area contributed by atoms with Gasteiger partial charge in [-0.1, -0.05) is 46.0 Å². The molecule has 1 N–H and O–H groups in total. The number of benzene rings is 2. The fourth-order valence-corrected chi connectivity index (χ4v) is 3.34.